The van der Waals surface area contributed by atoms with Crippen LogP contribution in [0.5, 0.6) is 0 Å². The molecule has 2 amide bonds. The Morgan fingerprint density at radius 3 is 2.54 bits per heavy atom. The summed E-state index contributed by atoms with van der Waals surface area (Å²) < 4.78 is 32.6. The van der Waals surface area contributed by atoms with Gasteiger partial charge >= 0.3 is 11.8 Å². The van der Waals surface area contributed by atoms with E-state index in [0.717, 1.165) is 18.4 Å². The highest BCUT2D eigenvalue weighted by molar-refractivity contribution is 7.89. The molecule has 1 aliphatic heterocycles. The van der Waals surface area contributed by atoms with E-state index in [4.69, 9.17) is 4.74 Å². The maximum Gasteiger partial charge on any atom is 0.309 e. The lowest BCUT2D eigenvalue weighted by molar-refractivity contribution is -0.140. The number of benzene rings is 1. The van der Waals surface area contributed by atoms with E-state index in [1.165, 1.54) is 4.31 Å². The first kappa shape index (κ1) is 18.8. The van der Waals surface area contributed by atoms with Gasteiger partial charge in [-0.1, -0.05) is 17.7 Å². The molecule has 1 saturated heterocycles. The number of carbonyl (C=O) groups is 2. The Morgan fingerprint density at radius 2 is 1.88 bits per heavy atom. The van der Waals surface area contributed by atoms with Crippen molar-refractivity contribution in [2.24, 2.45) is 0 Å². The molecular weight excluding hydrogens is 358 g/mol. The predicted molar refractivity (Wildman–Crippen MR) is 93.6 cm³/mol. The molecule has 0 unspecified atom stereocenters. The van der Waals surface area contributed by atoms with Gasteiger partial charge in [0, 0.05) is 12.6 Å². The number of amides is 2. The third-order valence-electron chi connectivity index (χ3n) is 4.34. The van der Waals surface area contributed by atoms with Crippen LogP contribution in [0.2, 0.25) is 0 Å². The molecule has 2 aliphatic rings. The van der Waals surface area contributed by atoms with Gasteiger partial charge in [-0.2, -0.15) is 4.31 Å². The number of nitrogens with zero attached hydrogens (tertiary/aromatic N) is 1. The molecule has 142 valence electrons. The van der Waals surface area contributed by atoms with Gasteiger partial charge in [0.25, 0.3) is 0 Å². The molecule has 8 nitrogen and oxygen atoms in total. The van der Waals surface area contributed by atoms with Gasteiger partial charge in [0.05, 0.1) is 18.0 Å². The Balaban J connectivity index is 1.66. The number of hydrogen-bond donors (Lipinski definition) is 2. The van der Waals surface area contributed by atoms with Crippen molar-refractivity contribution in [2.75, 3.05) is 19.7 Å². The average molecular weight is 381 g/mol. The van der Waals surface area contributed by atoms with Crippen molar-refractivity contribution < 1.29 is 22.7 Å². The Labute approximate surface area is 152 Å². The minimum absolute atomic E-state index is 0.0811. The van der Waals surface area contributed by atoms with E-state index >= 15 is 0 Å². The van der Waals surface area contributed by atoms with Crippen LogP contribution in [0, 0.1) is 6.92 Å². The Kier molecular flexibility index (Phi) is 5.59. The zero-order valence-electron chi connectivity index (χ0n) is 14.6. The van der Waals surface area contributed by atoms with Crippen LogP contribution in [0.4, 0.5) is 0 Å². The van der Waals surface area contributed by atoms with Gasteiger partial charge in [0.15, 0.2) is 0 Å². The lowest BCUT2D eigenvalue weighted by Gasteiger charge is -2.34. The predicted octanol–water partition coefficient (Wildman–Crippen LogP) is 0.127. The van der Waals surface area contributed by atoms with E-state index in [0.29, 0.717) is 19.6 Å². The highest BCUT2D eigenvalue weighted by Gasteiger charge is 2.35. The van der Waals surface area contributed by atoms with Crippen LogP contribution in [-0.2, 0) is 24.3 Å². The summed E-state index contributed by atoms with van der Waals surface area (Å²) in [5.41, 5.74) is 0.962. The number of rotatable bonds is 5. The minimum Gasteiger partial charge on any atom is -0.360 e. The molecule has 1 heterocycles. The fourth-order valence-electron chi connectivity index (χ4n) is 2.69. The molecule has 0 aromatic heterocycles. The molecule has 2 fully saturated rings. The first-order chi connectivity index (χ1) is 12.4. The maximum atomic E-state index is 12.9. The van der Waals surface area contributed by atoms with E-state index in [2.05, 4.69) is 10.6 Å². The van der Waals surface area contributed by atoms with Crippen LogP contribution >= 0.6 is 0 Å². The van der Waals surface area contributed by atoms with E-state index in [1.54, 1.807) is 24.3 Å². The second-order valence-corrected chi connectivity index (χ2v) is 8.46. The van der Waals surface area contributed by atoms with Gasteiger partial charge in [-0.05, 0) is 38.3 Å². The number of carbonyl (C=O) groups excluding carboxylic acids is 2. The Hall–Kier alpha value is -1.97. The molecule has 9 heteroatoms. The first-order valence-corrected chi connectivity index (χ1v) is 10.1. The summed E-state index contributed by atoms with van der Waals surface area (Å²) in [5, 5.41) is 5.06. The molecule has 1 aromatic rings. The highest BCUT2D eigenvalue weighted by Crippen LogP contribution is 2.22. The number of sulfonamides is 1. The van der Waals surface area contributed by atoms with Crippen LogP contribution in [0.3, 0.4) is 0 Å². The molecular formula is C17H23N3O5S. The number of nitrogens with one attached hydrogen (secondary N) is 2. The third kappa shape index (κ3) is 4.40. The van der Waals surface area contributed by atoms with Crippen LogP contribution in [0.25, 0.3) is 0 Å². The van der Waals surface area contributed by atoms with Crippen LogP contribution in [0.1, 0.15) is 24.8 Å². The van der Waals surface area contributed by atoms with Crippen molar-refractivity contribution in [3.63, 3.8) is 0 Å². The van der Waals surface area contributed by atoms with E-state index in [-0.39, 0.29) is 17.5 Å². The first-order valence-electron chi connectivity index (χ1n) is 8.67. The molecule has 3 rings (SSSR count). The van der Waals surface area contributed by atoms with Gasteiger partial charge in [0.2, 0.25) is 10.0 Å². The largest absolute Gasteiger partial charge is 0.360 e. The Morgan fingerprint density at radius 1 is 1.19 bits per heavy atom. The summed E-state index contributed by atoms with van der Waals surface area (Å²) >= 11 is 0. The molecule has 2 N–H and O–H groups in total. The second kappa shape index (κ2) is 7.73. The fraction of sp³-hybridized carbons (Fsp3) is 0.529. The molecule has 0 spiro atoms. The standard InChI is InChI=1S/C17H23N3O5S/c1-12-3-7-14(8-4-12)26(23,24)20-9-2-10-25-15(20)11-18-16(21)17(22)19-13-5-6-13/h3-4,7-8,13,15H,2,5-6,9-11H2,1H3,(H,18,21)(H,19,22)/t15-/m0/s1. The lowest BCUT2D eigenvalue weighted by atomic mass is 10.2. The number of ether oxygens (including phenoxy) is 1. The summed E-state index contributed by atoms with van der Waals surface area (Å²) in [6, 6.07) is 6.65. The van der Waals surface area contributed by atoms with E-state index < -0.39 is 28.1 Å². The van der Waals surface area contributed by atoms with Gasteiger partial charge in [0.1, 0.15) is 6.23 Å². The number of aryl methyl sites for hydroxylation is 1. The highest BCUT2D eigenvalue weighted by atomic mass is 32.2. The summed E-state index contributed by atoms with van der Waals surface area (Å²) in [5.74, 6) is -1.48. The van der Waals surface area contributed by atoms with Gasteiger partial charge < -0.3 is 15.4 Å². The van der Waals surface area contributed by atoms with Crippen LogP contribution < -0.4 is 10.6 Å². The summed E-state index contributed by atoms with van der Waals surface area (Å²) in [7, 11) is -3.75. The van der Waals surface area contributed by atoms with Crippen molar-refractivity contribution in [3.8, 4) is 0 Å². The van der Waals surface area contributed by atoms with Crippen LogP contribution in [0.15, 0.2) is 29.2 Å². The van der Waals surface area contributed by atoms with Gasteiger partial charge in [-0.15, -0.1) is 0 Å². The summed E-state index contributed by atoms with van der Waals surface area (Å²) in [6.07, 6.45) is 1.49. The van der Waals surface area contributed by atoms with Crippen molar-refractivity contribution in [3.05, 3.63) is 29.8 Å². The topological polar surface area (TPSA) is 105 Å². The molecule has 26 heavy (non-hydrogen) atoms. The quantitative estimate of drug-likeness (QED) is 0.706. The van der Waals surface area contributed by atoms with Gasteiger partial charge in [-0.25, -0.2) is 8.42 Å². The SMILES string of the molecule is Cc1ccc(S(=O)(=O)N2CCCO[C@H]2CNC(=O)C(=O)NC2CC2)cc1. The average Bonchev–Trinajstić information content (AvgIpc) is 3.44. The fourth-order valence-corrected chi connectivity index (χ4v) is 4.25. The van der Waals surface area contributed by atoms with Crippen LogP contribution in [-0.4, -0.2) is 56.5 Å². The van der Waals surface area contributed by atoms with Gasteiger partial charge in [-0.3, -0.25) is 9.59 Å². The van der Waals surface area contributed by atoms with Crippen molar-refractivity contribution in [2.45, 2.75) is 43.4 Å². The zero-order chi connectivity index (χ0) is 18.7. The summed E-state index contributed by atoms with van der Waals surface area (Å²) in [4.78, 5) is 23.7. The van der Waals surface area contributed by atoms with E-state index in [9.17, 15) is 18.0 Å². The molecule has 1 aliphatic carbocycles. The second-order valence-electron chi connectivity index (χ2n) is 6.57. The molecule has 1 saturated carbocycles. The lowest BCUT2D eigenvalue weighted by Crippen LogP contribution is -2.53. The monoisotopic (exact) mass is 381 g/mol. The Bertz CT molecular complexity index is 774. The molecule has 1 atom stereocenters. The maximum absolute atomic E-state index is 12.9. The van der Waals surface area contributed by atoms with Crippen molar-refractivity contribution in [1.29, 1.82) is 0 Å². The van der Waals surface area contributed by atoms with Crippen molar-refractivity contribution >= 4 is 21.8 Å². The number of hydrogen-bond acceptors (Lipinski definition) is 5. The molecule has 0 bridgehead atoms. The summed E-state index contributed by atoms with van der Waals surface area (Å²) in [6.45, 7) is 2.49. The van der Waals surface area contributed by atoms with Crippen molar-refractivity contribution in [1.82, 2.24) is 14.9 Å². The zero-order valence-corrected chi connectivity index (χ0v) is 15.4. The normalized spacial score (nSPS) is 21.2. The molecule has 1 aromatic carbocycles. The molecule has 0 radical (unpaired) electrons. The third-order valence-corrected chi connectivity index (χ3v) is 6.24. The van der Waals surface area contributed by atoms with E-state index in [1.807, 2.05) is 6.92 Å². The minimum atomic E-state index is -3.75. The smallest absolute Gasteiger partial charge is 0.309 e.